The van der Waals surface area contributed by atoms with E-state index in [1.54, 1.807) is 0 Å². The van der Waals surface area contributed by atoms with Crippen molar-refractivity contribution in [2.75, 3.05) is 13.1 Å². The third kappa shape index (κ3) is 3.09. The summed E-state index contributed by atoms with van der Waals surface area (Å²) in [5.74, 6) is 1.95. The van der Waals surface area contributed by atoms with Gasteiger partial charge >= 0.3 is 0 Å². The fraction of sp³-hybridized carbons (Fsp3) is 0.562. The smallest absolute Gasteiger partial charge is 0.191 e. The summed E-state index contributed by atoms with van der Waals surface area (Å²) in [4.78, 5) is 6.95. The molecule has 0 radical (unpaired) electrons. The van der Waals surface area contributed by atoms with Crippen LogP contribution in [0.15, 0.2) is 29.3 Å². The number of nitrogens with two attached hydrogens (primary N) is 1. The fourth-order valence-electron chi connectivity index (χ4n) is 3.07. The lowest BCUT2D eigenvalue weighted by molar-refractivity contribution is 0.270. The van der Waals surface area contributed by atoms with Gasteiger partial charge in [0.2, 0.25) is 0 Å². The van der Waals surface area contributed by atoms with Crippen LogP contribution in [0.2, 0.25) is 5.02 Å². The molecule has 0 aromatic heterocycles. The van der Waals surface area contributed by atoms with Gasteiger partial charge < -0.3 is 10.6 Å². The van der Waals surface area contributed by atoms with E-state index >= 15 is 0 Å². The largest absolute Gasteiger partial charge is 0.370 e. The van der Waals surface area contributed by atoms with Crippen LogP contribution in [0.5, 0.6) is 0 Å². The molecule has 2 fully saturated rings. The van der Waals surface area contributed by atoms with Crippen LogP contribution in [-0.2, 0) is 0 Å². The Morgan fingerprint density at radius 1 is 1.45 bits per heavy atom. The number of guanidine groups is 1. The van der Waals surface area contributed by atoms with E-state index in [1.807, 2.05) is 18.2 Å². The van der Waals surface area contributed by atoms with Gasteiger partial charge in [-0.25, -0.2) is 4.99 Å². The Bertz CT molecular complexity index is 514. The molecule has 4 heteroatoms. The second-order valence-electron chi connectivity index (χ2n) is 6.15. The van der Waals surface area contributed by atoms with Gasteiger partial charge in [0.25, 0.3) is 0 Å². The lowest BCUT2D eigenvalue weighted by Gasteiger charge is -2.31. The molecule has 0 bridgehead atoms. The van der Waals surface area contributed by atoms with Gasteiger partial charge in [-0.2, -0.15) is 0 Å². The van der Waals surface area contributed by atoms with Crippen molar-refractivity contribution >= 4 is 17.6 Å². The molecule has 3 unspecified atom stereocenters. The van der Waals surface area contributed by atoms with Crippen molar-refractivity contribution < 1.29 is 0 Å². The zero-order chi connectivity index (χ0) is 14.1. The van der Waals surface area contributed by atoms with Crippen molar-refractivity contribution in [3.05, 3.63) is 34.9 Å². The maximum absolute atomic E-state index is 6.17. The van der Waals surface area contributed by atoms with E-state index in [-0.39, 0.29) is 0 Å². The van der Waals surface area contributed by atoms with Crippen LogP contribution in [0.1, 0.15) is 37.7 Å². The Hall–Kier alpha value is -1.22. The number of likely N-dealkylation sites (tertiary alicyclic amines) is 1. The molecule has 1 heterocycles. The summed E-state index contributed by atoms with van der Waals surface area (Å²) >= 11 is 6.04. The maximum atomic E-state index is 6.17. The second-order valence-corrected chi connectivity index (χ2v) is 6.58. The number of rotatable bonds is 2. The minimum atomic E-state index is 0.339. The zero-order valence-corrected chi connectivity index (χ0v) is 12.7. The molecule has 1 aromatic carbocycles. The first-order chi connectivity index (χ1) is 9.63. The number of piperidine rings is 1. The number of hydrogen-bond donors (Lipinski definition) is 1. The van der Waals surface area contributed by atoms with E-state index in [0.717, 1.165) is 36.4 Å². The second kappa shape index (κ2) is 5.65. The van der Waals surface area contributed by atoms with Crippen LogP contribution in [0.25, 0.3) is 0 Å². The molecule has 3 rings (SSSR count). The van der Waals surface area contributed by atoms with Crippen LogP contribution >= 0.6 is 11.6 Å². The predicted octanol–water partition coefficient (Wildman–Crippen LogP) is 3.24. The summed E-state index contributed by atoms with van der Waals surface area (Å²) < 4.78 is 0. The number of hydrogen-bond acceptors (Lipinski definition) is 1. The van der Waals surface area contributed by atoms with E-state index in [4.69, 9.17) is 22.3 Å². The van der Waals surface area contributed by atoms with Gasteiger partial charge in [-0.15, -0.1) is 0 Å². The quantitative estimate of drug-likeness (QED) is 0.671. The first-order valence-corrected chi connectivity index (χ1v) is 7.85. The Morgan fingerprint density at radius 3 is 3.05 bits per heavy atom. The summed E-state index contributed by atoms with van der Waals surface area (Å²) in [6, 6.07) is 8.43. The standard InChI is InChI=1S/C16H22ClN3/c1-11-4-3-7-20(10-11)16(18)19-15-9-14(15)12-5-2-6-13(17)8-12/h2,5-6,8,11,14-15H,3-4,7,9-10H2,1H3,(H2,18,19). The number of aliphatic imine (C=N–C) groups is 1. The van der Waals surface area contributed by atoms with Crippen LogP contribution in [0.3, 0.4) is 0 Å². The van der Waals surface area contributed by atoms with Gasteiger partial charge in [-0.3, -0.25) is 0 Å². The van der Waals surface area contributed by atoms with Crippen molar-refractivity contribution in [2.24, 2.45) is 16.6 Å². The van der Waals surface area contributed by atoms with Crippen molar-refractivity contribution in [3.8, 4) is 0 Å². The summed E-state index contributed by atoms with van der Waals surface area (Å²) in [6.45, 7) is 4.38. The van der Waals surface area contributed by atoms with Crippen LogP contribution in [0.4, 0.5) is 0 Å². The van der Waals surface area contributed by atoms with E-state index < -0.39 is 0 Å². The highest BCUT2D eigenvalue weighted by atomic mass is 35.5. The molecule has 20 heavy (non-hydrogen) atoms. The number of nitrogens with zero attached hydrogens (tertiary/aromatic N) is 2. The Kier molecular flexibility index (Phi) is 3.88. The summed E-state index contributed by atoms with van der Waals surface area (Å²) in [5, 5.41) is 0.801. The number of halogens is 1. The van der Waals surface area contributed by atoms with Gasteiger partial charge in [0.05, 0.1) is 6.04 Å². The molecule has 2 aliphatic rings. The van der Waals surface area contributed by atoms with Gasteiger partial charge in [0.15, 0.2) is 5.96 Å². The van der Waals surface area contributed by atoms with Gasteiger partial charge in [0, 0.05) is 24.0 Å². The molecule has 108 valence electrons. The maximum Gasteiger partial charge on any atom is 0.191 e. The van der Waals surface area contributed by atoms with E-state index in [9.17, 15) is 0 Å². The Morgan fingerprint density at radius 2 is 2.30 bits per heavy atom. The summed E-state index contributed by atoms with van der Waals surface area (Å²) in [7, 11) is 0. The van der Waals surface area contributed by atoms with Gasteiger partial charge in [-0.1, -0.05) is 30.7 Å². The van der Waals surface area contributed by atoms with E-state index in [2.05, 4.69) is 17.9 Å². The fourth-order valence-corrected chi connectivity index (χ4v) is 3.27. The topological polar surface area (TPSA) is 41.6 Å². The van der Waals surface area contributed by atoms with Crippen molar-refractivity contribution in [1.29, 1.82) is 0 Å². The van der Waals surface area contributed by atoms with Crippen LogP contribution in [-0.4, -0.2) is 30.0 Å². The molecule has 1 aliphatic heterocycles. The lowest BCUT2D eigenvalue weighted by Crippen LogP contribution is -2.43. The predicted molar refractivity (Wildman–Crippen MR) is 84.2 cm³/mol. The highest BCUT2D eigenvalue weighted by Crippen LogP contribution is 2.44. The average molecular weight is 292 g/mol. The normalized spacial score (nSPS) is 30.4. The van der Waals surface area contributed by atoms with E-state index in [0.29, 0.717) is 12.0 Å². The highest BCUT2D eigenvalue weighted by molar-refractivity contribution is 6.30. The first-order valence-electron chi connectivity index (χ1n) is 7.47. The molecule has 0 amide bonds. The molecule has 3 atom stereocenters. The molecule has 0 spiro atoms. The molecule has 1 saturated carbocycles. The van der Waals surface area contributed by atoms with Crippen LogP contribution in [0, 0.1) is 5.92 Å². The SMILES string of the molecule is CC1CCCN(C(N)=NC2CC2c2cccc(Cl)c2)C1. The third-order valence-corrected chi connectivity index (χ3v) is 4.55. The Balaban J connectivity index is 1.63. The zero-order valence-electron chi connectivity index (χ0n) is 11.9. The van der Waals surface area contributed by atoms with Gasteiger partial charge in [-0.05, 0) is 42.9 Å². The summed E-state index contributed by atoms with van der Waals surface area (Å²) in [5.41, 5.74) is 7.46. The molecule has 1 aromatic rings. The minimum Gasteiger partial charge on any atom is -0.370 e. The lowest BCUT2D eigenvalue weighted by atomic mass is 10.0. The molecular weight excluding hydrogens is 270 g/mol. The third-order valence-electron chi connectivity index (χ3n) is 4.31. The molecule has 3 nitrogen and oxygen atoms in total. The van der Waals surface area contributed by atoms with Crippen molar-refractivity contribution in [3.63, 3.8) is 0 Å². The monoisotopic (exact) mass is 291 g/mol. The minimum absolute atomic E-state index is 0.339. The first kappa shape index (κ1) is 13.7. The average Bonchev–Trinajstić information content (AvgIpc) is 3.18. The van der Waals surface area contributed by atoms with Crippen molar-refractivity contribution in [1.82, 2.24) is 4.90 Å². The molecule has 1 saturated heterocycles. The molecule has 1 aliphatic carbocycles. The molecular formula is C16H22ClN3. The summed E-state index contributed by atoms with van der Waals surface area (Å²) in [6.07, 6.45) is 3.61. The molecule has 2 N–H and O–H groups in total. The van der Waals surface area contributed by atoms with Crippen LogP contribution < -0.4 is 5.73 Å². The number of benzene rings is 1. The van der Waals surface area contributed by atoms with E-state index in [1.165, 1.54) is 18.4 Å². The Labute approximate surface area is 125 Å². The van der Waals surface area contributed by atoms with Crippen molar-refractivity contribution in [2.45, 2.75) is 38.1 Å². The highest BCUT2D eigenvalue weighted by Gasteiger charge is 2.39. The van der Waals surface area contributed by atoms with Gasteiger partial charge in [0.1, 0.15) is 0 Å².